The highest BCUT2D eigenvalue weighted by Gasteiger charge is 2.36. The van der Waals surface area contributed by atoms with Gasteiger partial charge < -0.3 is 4.90 Å². The number of aromatic nitrogens is 1. The molecule has 5 rings (SSSR count). The number of rotatable bonds is 6. The van der Waals surface area contributed by atoms with E-state index in [1.54, 1.807) is 41.5 Å². The largest absolute Gasteiger partial charge is 0.339 e. The van der Waals surface area contributed by atoms with Crippen molar-refractivity contribution in [2.24, 2.45) is 16.0 Å². The molecular weight excluding hydrogens is 534 g/mol. The first-order chi connectivity index (χ1) is 18.7. The molecule has 2 aliphatic rings. The number of hydrazone groups is 1. The van der Waals surface area contributed by atoms with Crippen LogP contribution in [0.3, 0.4) is 0 Å². The minimum absolute atomic E-state index is 0.164. The lowest BCUT2D eigenvalue weighted by molar-refractivity contribution is -0.127. The second kappa shape index (κ2) is 10.7. The Balaban J connectivity index is 1.64. The van der Waals surface area contributed by atoms with E-state index in [-0.39, 0.29) is 17.4 Å². The van der Waals surface area contributed by atoms with Gasteiger partial charge in [-0.2, -0.15) is 10.1 Å². The maximum Gasteiger partial charge on any atom is 0.270 e. The average Bonchev–Trinajstić information content (AvgIpc) is 3.39. The summed E-state index contributed by atoms with van der Waals surface area (Å²) in [5.41, 5.74) is 2.71. The number of benzene rings is 2. The molecule has 0 spiro atoms. The van der Waals surface area contributed by atoms with Crippen LogP contribution in [-0.2, 0) is 9.59 Å². The number of nitrogens with zero attached hydrogens (tertiary/aromatic N) is 5. The smallest absolute Gasteiger partial charge is 0.270 e. The third-order valence-electron chi connectivity index (χ3n) is 6.99. The van der Waals surface area contributed by atoms with E-state index in [4.69, 9.17) is 16.6 Å². The average molecular weight is 562 g/mol. The molecule has 0 saturated carbocycles. The third-order valence-corrected chi connectivity index (χ3v) is 8.24. The Kier molecular flexibility index (Phi) is 7.38. The summed E-state index contributed by atoms with van der Waals surface area (Å²) in [6.45, 7) is 8.48. The number of halogens is 1. The van der Waals surface area contributed by atoms with Crippen LogP contribution in [0.15, 0.2) is 80.8 Å². The molecule has 1 aromatic heterocycles. The molecule has 3 aromatic rings. The Labute approximate surface area is 234 Å². The highest BCUT2D eigenvalue weighted by atomic mass is 35.5. The van der Waals surface area contributed by atoms with Crippen LogP contribution in [0.1, 0.15) is 39.3 Å². The maximum absolute atomic E-state index is 13.9. The highest BCUT2D eigenvalue weighted by Crippen LogP contribution is 2.32. The van der Waals surface area contributed by atoms with Crippen molar-refractivity contribution in [3.8, 4) is 0 Å². The summed E-state index contributed by atoms with van der Waals surface area (Å²) in [4.78, 5) is 47.8. The van der Waals surface area contributed by atoms with E-state index in [1.807, 2.05) is 56.3 Å². The van der Waals surface area contributed by atoms with Crippen LogP contribution < -0.4 is 19.9 Å². The van der Waals surface area contributed by atoms with E-state index in [0.717, 1.165) is 5.56 Å². The fourth-order valence-corrected chi connectivity index (χ4v) is 6.11. The highest BCUT2D eigenvalue weighted by molar-refractivity contribution is 7.07. The van der Waals surface area contributed by atoms with Gasteiger partial charge in [0.05, 0.1) is 33.2 Å². The molecule has 2 aromatic carbocycles. The molecule has 2 aliphatic heterocycles. The molecule has 0 aliphatic carbocycles. The van der Waals surface area contributed by atoms with Crippen LogP contribution >= 0.6 is 22.9 Å². The van der Waals surface area contributed by atoms with Crippen molar-refractivity contribution in [2.75, 3.05) is 18.1 Å². The molecule has 200 valence electrons. The molecule has 3 heterocycles. The van der Waals surface area contributed by atoms with Gasteiger partial charge in [0.1, 0.15) is 5.92 Å². The number of likely N-dealkylation sites (N-methyl/N-ethyl adjacent to an activating group) is 1. The molecule has 2 amide bonds. The predicted octanol–water partition coefficient (Wildman–Crippen LogP) is 3.75. The first kappa shape index (κ1) is 26.8. The fraction of sp³-hybridized carbons (Fsp3) is 0.276. The zero-order valence-electron chi connectivity index (χ0n) is 22.1. The number of amides is 2. The van der Waals surface area contributed by atoms with Gasteiger partial charge >= 0.3 is 0 Å². The summed E-state index contributed by atoms with van der Waals surface area (Å²) in [6.07, 6.45) is 1.66. The number of carbonyl (C=O) groups is 2. The topological polar surface area (TPSA) is 87.3 Å². The second-order valence-electron chi connectivity index (χ2n) is 9.34. The second-order valence-corrected chi connectivity index (χ2v) is 10.8. The minimum Gasteiger partial charge on any atom is -0.339 e. The van der Waals surface area contributed by atoms with Crippen molar-refractivity contribution in [3.05, 3.63) is 96.1 Å². The van der Waals surface area contributed by atoms with Crippen LogP contribution in [0.2, 0.25) is 5.02 Å². The number of allylic oxidation sites excluding steroid dienone is 1. The molecule has 0 unspecified atom stereocenters. The van der Waals surface area contributed by atoms with Crippen molar-refractivity contribution in [3.63, 3.8) is 0 Å². The summed E-state index contributed by atoms with van der Waals surface area (Å²) in [5.74, 6) is -1.08. The zero-order valence-corrected chi connectivity index (χ0v) is 23.7. The number of hydrogen-bond acceptors (Lipinski definition) is 6. The standard InChI is InChI=1S/C29H28ClN5O3S/c1-5-33(6-2)28(38)24-18(4)31-29-34(25(24)19-12-14-20(30)15-13-19)27(37)23(39-29)16-22-17(3)32-35(26(22)36)21-10-8-7-9-11-21/h7-16,22,25H,5-6H2,1-4H3/b23-16-/t22-,25-/m0/s1. The molecule has 39 heavy (non-hydrogen) atoms. The van der Waals surface area contributed by atoms with Crippen molar-refractivity contribution in [1.82, 2.24) is 9.47 Å². The van der Waals surface area contributed by atoms with Crippen molar-refractivity contribution < 1.29 is 9.59 Å². The van der Waals surface area contributed by atoms with E-state index in [1.165, 1.54) is 16.3 Å². The minimum atomic E-state index is -0.682. The fourth-order valence-electron chi connectivity index (χ4n) is 4.93. The van der Waals surface area contributed by atoms with E-state index in [2.05, 4.69) is 5.10 Å². The first-order valence-corrected chi connectivity index (χ1v) is 14.0. The lowest BCUT2D eigenvalue weighted by atomic mass is 9.94. The van der Waals surface area contributed by atoms with Gasteiger partial charge in [0.25, 0.3) is 17.4 Å². The SMILES string of the molecule is CCN(CC)C(=O)C1=C(C)N=c2s/c(=C\[C@@H]3C(=O)N(c4ccccc4)N=C3C)c(=O)n2[C@H]1c1ccc(Cl)cc1. The lowest BCUT2D eigenvalue weighted by Gasteiger charge is -2.29. The van der Waals surface area contributed by atoms with E-state index < -0.39 is 12.0 Å². The van der Waals surface area contributed by atoms with Gasteiger partial charge in [-0.15, -0.1) is 0 Å². The number of anilines is 1. The number of hydrogen-bond donors (Lipinski definition) is 0. The molecule has 2 atom stereocenters. The Morgan fingerprint density at radius 1 is 1.05 bits per heavy atom. The number of para-hydroxylation sites is 1. The van der Waals surface area contributed by atoms with Crippen LogP contribution in [0.5, 0.6) is 0 Å². The maximum atomic E-state index is 13.9. The van der Waals surface area contributed by atoms with Crippen molar-refractivity contribution in [2.45, 2.75) is 33.7 Å². The summed E-state index contributed by atoms with van der Waals surface area (Å²) >= 11 is 7.37. The molecule has 0 fully saturated rings. The lowest BCUT2D eigenvalue weighted by Crippen LogP contribution is -2.43. The Morgan fingerprint density at radius 3 is 2.36 bits per heavy atom. The Morgan fingerprint density at radius 2 is 1.72 bits per heavy atom. The first-order valence-electron chi connectivity index (χ1n) is 12.8. The van der Waals surface area contributed by atoms with Crippen LogP contribution in [0.4, 0.5) is 5.69 Å². The van der Waals surface area contributed by atoms with Crippen LogP contribution in [0.25, 0.3) is 6.08 Å². The Bertz CT molecular complexity index is 1680. The molecule has 0 N–H and O–H groups in total. The van der Waals surface area contributed by atoms with E-state index in [0.29, 0.717) is 50.1 Å². The molecule has 0 radical (unpaired) electrons. The summed E-state index contributed by atoms with van der Waals surface area (Å²) in [6, 6.07) is 15.7. The normalized spacial score (nSPS) is 19.2. The zero-order chi connectivity index (χ0) is 27.8. The van der Waals surface area contributed by atoms with Gasteiger partial charge in [0, 0.05) is 18.1 Å². The number of carbonyl (C=O) groups excluding carboxylic acids is 2. The molecule has 8 nitrogen and oxygen atoms in total. The quantitative estimate of drug-likeness (QED) is 0.459. The summed E-state index contributed by atoms with van der Waals surface area (Å²) in [5, 5.41) is 6.38. The number of fused-ring (bicyclic) bond motifs is 1. The number of thiazole rings is 1. The van der Waals surface area contributed by atoms with Crippen molar-refractivity contribution >= 4 is 52.2 Å². The van der Waals surface area contributed by atoms with Gasteiger partial charge in [-0.05, 0) is 63.6 Å². The van der Waals surface area contributed by atoms with Gasteiger partial charge in [0.2, 0.25) is 0 Å². The predicted molar refractivity (Wildman–Crippen MR) is 155 cm³/mol. The van der Waals surface area contributed by atoms with Crippen LogP contribution in [0, 0.1) is 5.92 Å². The Hall–Kier alpha value is -3.82. The van der Waals surface area contributed by atoms with Crippen molar-refractivity contribution in [1.29, 1.82) is 0 Å². The summed E-state index contributed by atoms with van der Waals surface area (Å²) in [7, 11) is 0. The molecule has 0 saturated heterocycles. The third kappa shape index (κ3) is 4.77. The molecule has 0 bridgehead atoms. The van der Waals surface area contributed by atoms with Gasteiger partial charge in [-0.3, -0.25) is 19.0 Å². The van der Waals surface area contributed by atoms with E-state index in [9.17, 15) is 14.4 Å². The summed E-state index contributed by atoms with van der Waals surface area (Å²) < 4.78 is 1.93. The van der Waals surface area contributed by atoms with Gasteiger partial charge in [-0.25, -0.2) is 4.99 Å². The van der Waals surface area contributed by atoms with E-state index >= 15 is 0 Å². The van der Waals surface area contributed by atoms with Gasteiger partial charge in [-0.1, -0.05) is 53.3 Å². The monoisotopic (exact) mass is 561 g/mol. The molecule has 10 heteroatoms. The molecular formula is C29H28ClN5O3S. The van der Waals surface area contributed by atoms with Gasteiger partial charge in [0.15, 0.2) is 4.80 Å². The van der Waals surface area contributed by atoms with Crippen LogP contribution in [-0.4, -0.2) is 40.1 Å².